The van der Waals surface area contributed by atoms with E-state index in [1.54, 1.807) is 7.11 Å². The molecule has 9 heteroatoms. The van der Waals surface area contributed by atoms with Crippen molar-refractivity contribution in [3.05, 3.63) is 35.7 Å². The minimum atomic E-state index is -1.19. The quantitative estimate of drug-likeness (QED) is 0.721. The molecule has 0 atom stereocenters. The molecule has 1 aromatic heterocycles. The minimum Gasteiger partial charge on any atom is -0.493 e. The van der Waals surface area contributed by atoms with Crippen molar-refractivity contribution in [2.45, 2.75) is 44.9 Å². The Morgan fingerprint density at radius 1 is 1.30 bits per heavy atom. The molecule has 1 amide bonds. The summed E-state index contributed by atoms with van der Waals surface area (Å²) in [5.74, 6) is -0.139. The average Bonchev–Trinajstić information content (AvgIpc) is 3.32. The van der Waals surface area contributed by atoms with Crippen molar-refractivity contribution < 1.29 is 24.2 Å². The van der Waals surface area contributed by atoms with Crippen molar-refractivity contribution in [2.75, 3.05) is 7.11 Å². The van der Waals surface area contributed by atoms with Gasteiger partial charge in [0.25, 0.3) is 0 Å². The fourth-order valence-corrected chi connectivity index (χ4v) is 2.99. The summed E-state index contributed by atoms with van der Waals surface area (Å²) in [4.78, 5) is 22.8. The van der Waals surface area contributed by atoms with Gasteiger partial charge in [-0.2, -0.15) is 0 Å². The fraction of sp³-hybridized carbons (Fsp3) is 0.444. The van der Waals surface area contributed by atoms with Crippen LogP contribution in [0, 0.1) is 0 Å². The van der Waals surface area contributed by atoms with Gasteiger partial charge in [0.15, 0.2) is 17.2 Å². The van der Waals surface area contributed by atoms with E-state index in [-0.39, 0.29) is 24.2 Å². The maximum Gasteiger partial charge on any atom is 0.358 e. The van der Waals surface area contributed by atoms with Gasteiger partial charge in [0, 0.05) is 6.54 Å². The second-order valence-corrected chi connectivity index (χ2v) is 6.39. The summed E-state index contributed by atoms with van der Waals surface area (Å²) in [7, 11) is 1.60. The Bertz CT molecular complexity index is 814. The van der Waals surface area contributed by atoms with Crippen LogP contribution in [0.3, 0.4) is 0 Å². The number of carboxylic acid groups (broad SMARTS) is 1. The lowest BCUT2D eigenvalue weighted by atomic mass is 10.2. The third kappa shape index (κ3) is 4.96. The molecule has 0 bridgehead atoms. The minimum absolute atomic E-state index is 0.109. The van der Waals surface area contributed by atoms with E-state index in [9.17, 15) is 9.59 Å². The zero-order chi connectivity index (χ0) is 19.2. The topological polar surface area (TPSA) is 116 Å². The number of ether oxygens (including phenoxy) is 2. The summed E-state index contributed by atoms with van der Waals surface area (Å²) in [6.45, 7) is 0.201. The molecule has 1 aliphatic carbocycles. The third-order valence-corrected chi connectivity index (χ3v) is 4.38. The van der Waals surface area contributed by atoms with Crippen LogP contribution in [-0.4, -0.2) is 45.2 Å². The Morgan fingerprint density at radius 3 is 2.74 bits per heavy atom. The highest BCUT2D eigenvalue weighted by Crippen LogP contribution is 2.32. The van der Waals surface area contributed by atoms with E-state index in [0.717, 1.165) is 18.4 Å². The third-order valence-electron chi connectivity index (χ3n) is 4.38. The summed E-state index contributed by atoms with van der Waals surface area (Å²) >= 11 is 0. The Labute approximate surface area is 156 Å². The standard InChI is InChI=1S/C18H22N4O5/c1-26-15-7-6-12(8-16(15)27-13-4-2-3-5-13)9-19-17(23)11-22-10-14(18(24)25)20-21-22/h6-8,10,13H,2-5,9,11H2,1H3,(H,19,23)(H,24,25). The maximum atomic E-state index is 12.0. The van der Waals surface area contributed by atoms with Crippen molar-refractivity contribution >= 4 is 11.9 Å². The van der Waals surface area contributed by atoms with Gasteiger partial charge < -0.3 is 19.9 Å². The van der Waals surface area contributed by atoms with Crippen LogP contribution in [-0.2, 0) is 17.9 Å². The highest BCUT2D eigenvalue weighted by Gasteiger charge is 2.19. The smallest absolute Gasteiger partial charge is 0.358 e. The van der Waals surface area contributed by atoms with Crippen LogP contribution in [0.1, 0.15) is 41.7 Å². The van der Waals surface area contributed by atoms with Crippen molar-refractivity contribution in [1.82, 2.24) is 20.3 Å². The molecule has 9 nitrogen and oxygen atoms in total. The van der Waals surface area contributed by atoms with E-state index in [4.69, 9.17) is 14.6 Å². The van der Waals surface area contributed by atoms with Gasteiger partial charge in [-0.3, -0.25) is 4.79 Å². The van der Waals surface area contributed by atoms with Crippen LogP contribution in [0.25, 0.3) is 0 Å². The van der Waals surface area contributed by atoms with Crippen molar-refractivity contribution in [1.29, 1.82) is 0 Å². The number of nitrogens with zero attached hydrogens (tertiary/aromatic N) is 3. The summed E-state index contributed by atoms with van der Waals surface area (Å²) in [5, 5.41) is 18.7. The summed E-state index contributed by atoms with van der Waals surface area (Å²) < 4.78 is 12.6. The molecule has 3 rings (SSSR count). The molecule has 27 heavy (non-hydrogen) atoms. The molecule has 0 spiro atoms. The summed E-state index contributed by atoms with van der Waals surface area (Å²) in [5.41, 5.74) is 0.675. The zero-order valence-electron chi connectivity index (χ0n) is 15.1. The number of aromatic nitrogens is 3. The number of hydrogen-bond acceptors (Lipinski definition) is 6. The summed E-state index contributed by atoms with van der Waals surface area (Å²) in [6, 6.07) is 5.55. The average molecular weight is 374 g/mol. The predicted molar refractivity (Wildman–Crippen MR) is 94.7 cm³/mol. The lowest BCUT2D eigenvalue weighted by molar-refractivity contribution is -0.122. The van der Waals surface area contributed by atoms with Crippen LogP contribution in [0.2, 0.25) is 0 Å². The molecule has 1 heterocycles. The zero-order valence-corrected chi connectivity index (χ0v) is 15.1. The first-order valence-corrected chi connectivity index (χ1v) is 8.79. The van der Waals surface area contributed by atoms with E-state index in [1.165, 1.54) is 23.7 Å². The fourth-order valence-electron chi connectivity index (χ4n) is 2.99. The number of carbonyl (C=O) groups excluding carboxylic acids is 1. The SMILES string of the molecule is COc1ccc(CNC(=O)Cn2cc(C(=O)O)nn2)cc1OC1CCCC1. The Morgan fingerprint density at radius 2 is 2.07 bits per heavy atom. The number of carboxylic acids is 1. The molecule has 0 aliphatic heterocycles. The number of benzene rings is 1. The highest BCUT2D eigenvalue weighted by molar-refractivity contribution is 5.84. The van der Waals surface area contributed by atoms with Crippen molar-refractivity contribution in [3.8, 4) is 11.5 Å². The lowest BCUT2D eigenvalue weighted by Gasteiger charge is -2.17. The normalized spacial score (nSPS) is 14.1. The molecule has 0 saturated heterocycles. The molecular formula is C18H22N4O5. The second-order valence-electron chi connectivity index (χ2n) is 6.39. The predicted octanol–water partition coefficient (Wildman–Crippen LogP) is 1.62. The maximum absolute atomic E-state index is 12.0. The van der Waals surface area contributed by atoms with Gasteiger partial charge in [0.2, 0.25) is 5.91 Å². The molecule has 0 radical (unpaired) electrons. The molecule has 2 aromatic rings. The molecule has 1 fully saturated rings. The number of rotatable bonds is 8. The first-order chi connectivity index (χ1) is 13.0. The Kier molecular flexibility index (Phi) is 5.90. The Balaban J connectivity index is 1.57. The number of methoxy groups -OCH3 is 1. The van der Waals surface area contributed by atoms with Crippen LogP contribution in [0.5, 0.6) is 11.5 Å². The number of nitrogens with one attached hydrogen (secondary N) is 1. The van der Waals surface area contributed by atoms with Gasteiger partial charge in [0.1, 0.15) is 6.54 Å². The monoisotopic (exact) mass is 374 g/mol. The van der Waals surface area contributed by atoms with Gasteiger partial charge in [-0.1, -0.05) is 11.3 Å². The first-order valence-electron chi connectivity index (χ1n) is 8.79. The summed E-state index contributed by atoms with van der Waals surface area (Å²) in [6.07, 6.45) is 5.85. The van der Waals surface area contributed by atoms with Gasteiger partial charge in [-0.05, 0) is 43.4 Å². The van der Waals surface area contributed by atoms with E-state index in [2.05, 4.69) is 15.6 Å². The number of hydrogen-bond donors (Lipinski definition) is 2. The number of aromatic carboxylic acids is 1. The molecule has 1 saturated carbocycles. The molecule has 144 valence electrons. The molecule has 2 N–H and O–H groups in total. The lowest BCUT2D eigenvalue weighted by Crippen LogP contribution is -2.27. The Hall–Kier alpha value is -3.10. The highest BCUT2D eigenvalue weighted by atomic mass is 16.5. The van der Waals surface area contributed by atoms with Crippen molar-refractivity contribution in [2.24, 2.45) is 0 Å². The molecule has 1 aliphatic rings. The van der Waals surface area contributed by atoms with Crippen LogP contribution >= 0.6 is 0 Å². The van der Waals surface area contributed by atoms with E-state index < -0.39 is 5.97 Å². The van der Waals surface area contributed by atoms with Gasteiger partial charge in [-0.25, -0.2) is 9.48 Å². The van der Waals surface area contributed by atoms with Crippen LogP contribution < -0.4 is 14.8 Å². The van der Waals surface area contributed by atoms with Crippen LogP contribution in [0.15, 0.2) is 24.4 Å². The van der Waals surface area contributed by atoms with E-state index in [0.29, 0.717) is 18.0 Å². The van der Waals surface area contributed by atoms with Gasteiger partial charge in [-0.15, -0.1) is 5.10 Å². The second kappa shape index (κ2) is 8.52. The van der Waals surface area contributed by atoms with Gasteiger partial charge >= 0.3 is 5.97 Å². The largest absolute Gasteiger partial charge is 0.493 e. The van der Waals surface area contributed by atoms with Gasteiger partial charge in [0.05, 0.1) is 19.4 Å². The number of amides is 1. The molecule has 1 aromatic carbocycles. The molecular weight excluding hydrogens is 352 g/mol. The van der Waals surface area contributed by atoms with E-state index >= 15 is 0 Å². The van der Waals surface area contributed by atoms with E-state index in [1.807, 2.05) is 18.2 Å². The van der Waals surface area contributed by atoms with Crippen molar-refractivity contribution in [3.63, 3.8) is 0 Å². The molecule has 0 unspecified atom stereocenters. The van der Waals surface area contributed by atoms with Crippen LogP contribution in [0.4, 0.5) is 0 Å². The number of carbonyl (C=O) groups is 2. The first kappa shape index (κ1) is 18.7.